The minimum absolute atomic E-state index is 0.0781. The van der Waals surface area contributed by atoms with Crippen molar-refractivity contribution in [2.24, 2.45) is 0 Å². The van der Waals surface area contributed by atoms with E-state index < -0.39 is 0 Å². The number of methoxy groups -OCH3 is 1. The number of nitro benzene ring substituents is 1. The van der Waals surface area contributed by atoms with Gasteiger partial charge in [-0.05, 0) is 12.1 Å². The van der Waals surface area contributed by atoms with E-state index in [4.69, 9.17) is 9.47 Å². The lowest BCUT2D eigenvalue weighted by atomic mass is 10.1. The highest BCUT2D eigenvalue weighted by atomic mass is 16.6. The molecule has 0 aliphatic carbocycles. The Hall–Kier alpha value is -2.25. The first-order valence-corrected chi connectivity index (χ1v) is 6.55. The van der Waals surface area contributed by atoms with E-state index in [9.17, 15) is 10.1 Å². The second-order valence-electron chi connectivity index (χ2n) is 4.34. The Kier molecular flexibility index (Phi) is 5.42. The minimum atomic E-state index is -0.389. The van der Waals surface area contributed by atoms with Gasteiger partial charge in [-0.3, -0.25) is 15.1 Å². The van der Waals surface area contributed by atoms with Crippen molar-refractivity contribution < 1.29 is 14.4 Å². The van der Waals surface area contributed by atoms with Gasteiger partial charge in [-0.15, -0.1) is 0 Å². The molecule has 2 rings (SSSR count). The van der Waals surface area contributed by atoms with E-state index >= 15 is 0 Å². The first-order chi connectivity index (χ1) is 10.2. The van der Waals surface area contributed by atoms with E-state index in [0.717, 1.165) is 11.1 Å². The topological polar surface area (TPSA) is 86.5 Å². The molecule has 0 unspecified atom stereocenters. The molecule has 0 saturated heterocycles. The van der Waals surface area contributed by atoms with Crippen LogP contribution in [0.3, 0.4) is 0 Å². The molecule has 1 heterocycles. The average Bonchev–Trinajstić information content (AvgIpc) is 2.50. The molecule has 0 bridgehead atoms. The van der Waals surface area contributed by atoms with Crippen LogP contribution in [-0.2, 0) is 9.47 Å². The predicted octanol–water partition coefficient (Wildman–Crippen LogP) is 2.22. The lowest BCUT2D eigenvalue weighted by Crippen LogP contribution is -2.12. The monoisotopic (exact) mass is 291 g/mol. The quantitative estimate of drug-likeness (QED) is 0.456. The molecule has 0 radical (unpaired) electrons. The highest BCUT2D eigenvalue weighted by Gasteiger charge is 2.13. The molecule has 7 nitrogen and oxygen atoms in total. The van der Waals surface area contributed by atoms with Crippen LogP contribution in [-0.4, -0.2) is 43.4 Å². The lowest BCUT2D eigenvalue weighted by molar-refractivity contribution is -0.383. The number of anilines is 1. The number of ether oxygens (including phenoxy) is 2. The van der Waals surface area contributed by atoms with Gasteiger partial charge in [0.05, 0.1) is 30.1 Å². The first kappa shape index (κ1) is 15.1. The minimum Gasteiger partial charge on any atom is -0.382 e. The molecule has 7 heteroatoms. The summed E-state index contributed by atoms with van der Waals surface area (Å²) in [5.74, 6) is 0. The van der Waals surface area contributed by atoms with Crippen LogP contribution < -0.4 is 5.32 Å². The Morgan fingerprint density at radius 3 is 2.86 bits per heavy atom. The van der Waals surface area contributed by atoms with Gasteiger partial charge in [-0.1, -0.05) is 0 Å². The van der Waals surface area contributed by atoms with Gasteiger partial charge < -0.3 is 14.8 Å². The number of nitrogens with zero attached hydrogens (tertiary/aromatic N) is 2. The number of nitrogens with one attached hydrogen (secondary N) is 1. The van der Waals surface area contributed by atoms with Crippen LogP contribution >= 0.6 is 0 Å². The molecule has 0 amide bonds. The number of nitro groups is 1. The largest absolute Gasteiger partial charge is 0.382 e. The summed E-state index contributed by atoms with van der Waals surface area (Å²) < 4.78 is 10.2. The second-order valence-corrected chi connectivity index (χ2v) is 4.34. The van der Waals surface area contributed by atoms with Gasteiger partial charge in [0.2, 0.25) is 0 Å². The maximum absolute atomic E-state index is 11.0. The molecule has 112 valence electrons. The highest BCUT2D eigenvalue weighted by molar-refractivity contribution is 5.99. The average molecular weight is 291 g/mol. The maximum Gasteiger partial charge on any atom is 0.277 e. The lowest BCUT2D eigenvalue weighted by Gasteiger charge is -2.10. The molecule has 1 aromatic heterocycles. The number of non-ortho nitro benzene ring substituents is 1. The van der Waals surface area contributed by atoms with Crippen LogP contribution in [0.1, 0.15) is 0 Å². The molecule has 2 aromatic rings. The van der Waals surface area contributed by atoms with Gasteiger partial charge in [0, 0.05) is 43.2 Å². The molecule has 0 aliphatic heterocycles. The zero-order valence-electron chi connectivity index (χ0n) is 11.7. The third kappa shape index (κ3) is 3.87. The third-order valence-electron chi connectivity index (χ3n) is 2.99. The predicted molar refractivity (Wildman–Crippen MR) is 79.6 cm³/mol. The highest BCUT2D eigenvalue weighted by Crippen LogP contribution is 2.30. The van der Waals surface area contributed by atoms with Crippen LogP contribution in [0.5, 0.6) is 0 Å². The number of hydrogen-bond acceptors (Lipinski definition) is 6. The standard InChI is InChI=1S/C14H17N3O4/c1-20-8-9-21-7-6-16-13-2-3-14(17(18)19)11-4-5-15-10-12(11)13/h2-5,10,16H,6-9H2,1H3. The number of hydrogen-bond donors (Lipinski definition) is 1. The van der Waals surface area contributed by atoms with E-state index in [2.05, 4.69) is 10.3 Å². The number of benzene rings is 1. The summed E-state index contributed by atoms with van der Waals surface area (Å²) in [4.78, 5) is 14.7. The smallest absolute Gasteiger partial charge is 0.277 e. The molecule has 21 heavy (non-hydrogen) atoms. The summed E-state index contributed by atoms with van der Waals surface area (Å²) in [5.41, 5.74) is 0.883. The van der Waals surface area contributed by atoms with Crippen molar-refractivity contribution in [3.8, 4) is 0 Å². The summed E-state index contributed by atoms with van der Waals surface area (Å²) in [7, 11) is 1.62. The summed E-state index contributed by atoms with van der Waals surface area (Å²) >= 11 is 0. The van der Waals surface area contributed by atoms with Gasteiger partial charge in [0.25, 0.3) is 5.69 Å². The fraction of sp³-hybridized carbons (Fsp3) is 0.357. The fourth-order valence-electron chi connectivity index (χ4n) is 1.99. The maximum atomic E-state index is 11.0. The number of rotatable bonds is 8. The fourth-order valence-corrected chi connectivity index (χ4v) is 1.99. The molecule has 0 saturated carbocycles. The third-order valence-corrected chi connectivity index (χ3v) is 2.99. The molecule has 0 spiro atoms. The molecule has 0 atom stereocenters. The molecular weight excluding hydrogens is 274 g/mol. The van der Waals surface area contributed by atoms with E-state index in [-0.39, 0.29) is 10.6 Å². The Morgan fingerprint density at radius 1 is 1.24 bits per heavy atom. The van der Waals surface area contributed by atoms with Crippen LogP contribution in [0, 0.1) is 10.1 Å². The van der Waals surface area contributed by atoms with E-state index in [1.54, 1.807) is 31.6 Å². The summed E-state index contributed by atoms with van der Waals surface area (Å²) in [6.07, 6.45) is 3.17. The second kappa shape index (κ2) is 7.51. The van der Waals surface area contributed by atoms with Gasteiger partial charge in [0.15, 0.2) is 0 Å². The Labute approximate surface area is 122 Å². The van der Waals surface area contributed by atoms with Crippen molar-refractivity contribution in [2.75, 3.05) is 38.8 Å². The van der Waals surface area contributed by atoms with Gasteiger partial charge in [0.1, 0.15) is 0 Å². The zero-order chi connectivity index (χ0) is 15.1. The van der Waals surface area contributed by atoms with Crippen molar-refractivity contribution in [2.45, 2.75) is 0 Å². The normalized spacial score (nSPS) is 10.7. The molecule has 0 fully saturated rings. The summed E-state index contributed by atoms with van der Waals surface area (Å²) in [6.45, 7) is 2.23. The Balaban J connectivity index is 2.07. The van der Waals surface area contributed by atoms with Gasteiger partial charge in [-0.2, -0.15) is 0 Å². The number of pyridine rings is 1. The van der Waals surface area contributed by atoms with Crippen LogP contribution in [0.15, 0.2) is 30.6 Å². The van der Waals surface area contributed by atoms with Crippen LogP contribution in [0.2, 0.25) is 0 Å². The van der Waals surface area contributed by atoms with E-state index in [1.165, 1.54) is 6.07 Å². The van der Waals surface area contributed by atoms with Crippen molar-refractivity contribution in [1.82, 2.24) is 4.98 Å². The molecular formula is C14H17N3O4. The van der Waals surface area contributed by atoms with E-state index in [1.807, 2.05) is 0 Å². The SMILES string of the molecule is COCCOCCNc1ccc([N+](=O)[O-])c2ccncc12. The first-order valence-electron chi connectivity index (χ1n) is 6.55. The van der Waals surface area contributed by atoms with Crippen molar-refractivity contribution in [1.29, 1.82) is 0 Å². The molecule has 1 aromatic carbocycles. The van der Waals surface area contributed by atoms with Gasteiger partial charge in [-0.25, -0.2) is 0 Å². The van der Waals surface area contributed by atoms with Crippen molar-refractivity contribution in [3.05, 3.63) is 40.7 Å². The van der Waals surface area contributed by atoms with Gasteiger partial charge >= 0.3 is 0 Å². The van der Waals surface area contributed by atoms with E-state index in [0.29, 0.717) is 31.8 Å². The van der Waals surface area contributed by atoms with Crippen molar-refractivity contribution >= 4 is 22.1 Å². The van der Waals surface area contributed by atoms with Crippen molar-refractivity contribution in [3.63, 3.8) is 0 Å². The van der Waals surface area contributed by atoms with Crippen LogP contribution in [0.25, 0.3) is 10.8 Å². The zero-order valence-corrected chi connectivity index (χ0v) is 11.7. The summed E-state index contributed by atoms with van der Waals surface area (Å²) in [6, 6.07) is 4.83. The summed E-state index contributed by atoms with van der Waals surface area (Å²) in [5, 5.41) is 15.5. The Bertz CT molecular complexity index is 618. The molecule has 1 N–H and O–H groups in total. The molecule has 0 aliphatic rings. The number of aromatic nitrogens is 1. The Morgan fingerprint density at radius 2 is 2.10 bits per heavy atom. The number of fused-ring (bicyclic) bond motifs is 1. The van der Waals surface area contributed by atoms with Crippen LogP contribution in [0.4, 0.5) is 11.4 Å².